The number of nitrogens with one attached hydrogen (secondary N) is 1. The summed E-state index contributed by atoms with van der Waals surface area (Å²) in [6.45, 7) is 1.77. The third-order valence-corrected chi connectivity index (χ3v) is 5.03. The van der Waals surface area contributed by atoms with E-state index in [0.717, 1.165) is 15.7 Å². The minimum atomic E-state index is -0.589. The molecule has 31 heavy (non-hydrogen) atoms. The maximum atomic E-state index is 13.2. The predicted octanol–water partition coefficient (Wildman–Crippen LogP) is 2.14. The van der Waals surface area contributed by atoms with Gasteiger partial charge in [-0.1, -0.05) is 48.5 Å². The van der Waals surface area contributed by atoms with Crippen molar-refractivity contribution in [2.75, 3.05) is 5.32 Å². The van der Waals surface area contributed by atoms with E-state index in [0.29, 0.717) is 12.1 Å². The fraction of sp³-hybridized carbons (Fsp3) is 0.174. The third kappa shape index (κ3) is 4.28. The first-order valence-corrected chi connectivity index (χ1v) is 9.88. The molecule has 2 aromatic heterocycles. The summed E-state index contributed by atoms with van der Waals surface area (Å²) in [6, 6.07) is 16.9. The first-order chi connectivity index (χ1) is 15.0. The van der Waals surface area contributed by atoms with Gasteiger partial charge in [0.15, 0.2) is 11.2 Å². The van der Waals surface area contributed by atoms with Gasteiger partial charge in [-0.3, -0.25) is 18.7 Å². The van der Waals surface area contributed by atoms with Crippen LogP contribution in [-0.2, 0) is 24.3 Å². The first kappa shape index (κ1) is 20.2. The first-order valence-electron chi connectivity index (χ1n) is 9.88. The van der Waals surface area contributed by atoms with Crippen LogP contribution in [0.25, 0.3) is 11.2 Å². The number of hydrogen-bond acceptors (Lipinski definition) is 5. The van der Waals surface area contributed by atoms with Gasteiger partial charge in [-0.15, -0.1) is 0 Å². The van der Waals surface area contributed by atoms with Gasteiger partial charge in [0.2, 0.25) is 5.91 Å². The number of nitrogens with zero attached hydrogens (tertiary/aromatic N) is 4. The van der Waals surface area contributed by atoms with Crippen molar-refractivity contribution < 1.29 is 4.79 Å². The smallest absolute Gasteiger partial charge is 0.324 e. The van der Waals surface area contributed by atoms with Crippen LogP contribution in [0.3, 0.4) is 0 Å². The van der Waals surface area contributed by atoms with E-state index in [-0.39, 0.29) is 24.3 Å². The zero-order chi connectivity index (χ0) is 21.8. The number of carbonyl (C=O) groups excluding carboxylic acids is 1. The van der Waals surface area contributed by atoms with Crippen molar-refractivity contribution in [2.24, 2.45) is 0 Å². The number of aromatic nitrogens is 4. The minimum absolute atomic E-state index is 0.0545. The minimum Gasteiger partial charge on any atom is -0.324 e. The van der Waals surface area contributed by atoms with E-state index in [1.54, 1.807) is 6.07 Å². The van der Waals surface area contributed by atoms with Gasteiger partial charge in [-0.25, -0.2) is 14.8 Å². The van der Waals surface area contributed by atoms with Gasteiger partial charge in [0.25, 0.3) is 5.56 Å². The number of fused-ring (bicyclic) bond motifs is 1. The molecule has 0 fully saturated rings. The van der Waals surface area contributed by atoms with Crippen LogP contribution in [0.1, 0.15) is 11.1 Å². The summed E-state index contributed by atoms with van der Waals surface area (Å²) in [5, 5.41) is 2.81. The highest BCUT2D eigenvalue weighted by Crippen LogP contribution is 2.13. The van der Waals surface area contributed by atoms with Crippen LogP contribution in [0.5, 0.6) is 0 Å². The van der Waals surface area contributed by atoms with Gasteiger partial charge in [-0.05, 0) is 30.5 Å². The monoisotopic (exact) mass is 415 g/mol. The lowest BCUT2D eigenvalue weighted by Crippen LogP contribution is -2.42. The van der Waals surface area contributed by atoms with Gasteiger partial charge in [-0.2, -0.15) is 0 Å². The number of hydrogen-bond donors (Lipinski definition) is 1. The summed E-state index contributed by atoms with van der Waals surface area (Å²) in [6.07, 6.45) is 3.29. The zero-order valence-corrected chi connectivity index (χ0v) is 17.0. The maximum absolute atomic E-state index is 13.2. The SMILES string of the molecule is Cc1ccccc1NC(=O)Cn1c(=O)n(CCc2ccccc2)c(=O)c2nccnc21. The molecule has 8 heteroatoms. The molecule has 0 atom stereocenters. The summed E-state index contributed by atoms with van der Waals surface area (Å²) < 4.78 is 2.31. The molecule has 0 aliphatic carbocycles. The molecular weight excluding hydrogens is 394 g/mol. The molecule has 4 rings (SSSR count). The van der Waals surface area contributed by atoms with Crippen molar-refractivity contribution >= 4 is 22.8 Å². The van der Waals surface area contributed by atoms with Crippen LogP contribution >= 0.6 is 0 Å². The van der Waals surface area contributed by atoms with E-state index in [2.05, 4.69) is 15.3 Å². The standard InChI is InChI=1S/C23H21N5O3/c1-16-7-5-6-10-18(16)26-19(29)15-28-21-20(24-12-13-25-21)22(30)27(23(28)31)14-11-17-8-3-2-4-9-17/h2-10,12-13H,11,14-15H2,1H3,(H,26,29). The number of amides is 1. The summed E-state index contributed by atoms with van der Waals surface area (Å²) in [4.78, 5) is 47.0. The van der Waals surface area contributed by atoms with Crippen LogP contribution in [0.4, 0.5) is 5.69 Å². The lowest BCUT2D eigenvalue weighted by atomic mass is 10.1. The second-order valence-electron chi connectivity index (χ2n) is 7.15. The number of anilines is 1. The molecule has 0 radical (unpaired) electrons. The molecule has 0 spiro atoms. The number of benzene rings is 2. The Labute approximate surface area is 177 Å². The molecule has 156 valence electrons. The van der Waals surface area contributed by atoms with E-state index in [4.69, 9.17) is 0 Å². The normalized spacial score (nSPS) is 10.9. The van der Waals surface area contributed by atoms with Crippen molar-refractivity contribution in [1.82, 2.24) is 19.1 Å². The van der Waals surface area contributed by atoms with Crippen molar-refractivity contribution in [3.63, 3.8) is 0 Å². The molecule has 2 heterocycles. The van der Waals surface area contributed by atoms with Gasteiger partial charge >= 0.3 is 5.69 Å². The van der Waals surface area contributed by atoms with E-state index in [1.807, 2.05) is 55.5 Å². The van der Waals surface area contributed by atoms with Crippen LogP contribution in [-0.4, -0.2) is 25.0 Å². The number of para-hydroxylation sites is 1. The molecule has 0 unspecified atom stereocenters. The molecule has 0 saturated carbocycles. The summed E-state index contributed by atoms with van der Waals surface area (Å²) >= 11 is 0. The quantitative estimate of drug-likeness (QED) is 0.520. The van der Waals surface area contributed by atoms with Crippen LogP contribution in [0.15, 0.2) is 76.6 Å². The van der Waals surface area contributed by atoms with E-state index >= 15 is 0 Å². The molecule has 0 bridgehead atoms. The lowest BCUT2D eigenvalue weighted by molar-refractivity contribution is -0.116. The number of aryl methyl sites for hydroxylation is 2. The Morgan fingerprint density at radius 3 is 2.42 bits per heavy atom. The zero-order valence-electron chi connectivity index (χ0n) is 17.0. The van der Waals surface area contributed by atoms with Crippen molar-refractivity contribution in [1.29, 1.82) is 0 Å². The number of carbonyl (C=O) groups is 1. The van der Waals surface area contributed by atoms with Crippen LogP contribution in [0.2, 0.25) is 0 Å². The summed E-state index contributed by atoms with van der Waals surface area (Å²) in [5.74, 6) is -0.392. The molecule has 0 aliphatic heterocycles. The second-order valence-corrected chi connectivity index (χ2v) is 7.15. The molecule has 8 nitrogen and oxygen atoms in total. The molecule has 0 saturated heterocycles. The molecule has 4 aromatic rings. The molecule has 2 aromatic carbocycles. The molecule has 1 N–H and O–H groups in total. The Kier molecular flexibility index (Phi) is 5.70. The van der Waals surface area contributed by atoms with E-state index in [1.165, 1.54) is 17.0 Å². The van der Waals surface area contributed by atoms with E-state index in [9.17, 15) is 14.4 Å². The van der Waals surface area contributed by atoms with Gasteiger partial charge in [0, 0.05) is 24.6 Å². The summed E-state index contributed by atoms with van der Waals surface area (Å²) in [7, 11) is 0. The fourth-order valence-corrected chi connectivity index (χ4v) is 3.40. The fourth-order valence-electron chi connectivity index (χ4n) is 3.40. The van der Waals surface area contributed by atoms with Crippen molar-refractivity contribution in [2.45, 2.75) is 26.4 Å². The largest absolute Gasteiger partial charge is 0.333 e. The van der Waals surface area contributed by atoms with Crippen LogP contribution < -0.4 is 16.6 Å². The maximum Gasteiger partial charge on any atom is 0.333 e. The Hall–Kier alpha value is -4.07. The Balaban J connectivity index is 1.70. The van der Waals surface area contributed by atoms with Crippen LogP contribution in [0, 0.1) is 6.92 Å². The highest BCUT2D eigenvalue weighted by Gasteiger charge is 2.17. The van der Waals surface area contributed by atoms with E-state index < -0.39 is 17.2 Å². The average Bonchev–Trinajstić information content (AvgIpc) is 2.79. The van der Waals surface area contributed by atoms with Crippen molar-refractivity contribution in [3.8, 4) is 0 Å². The second kappa shape index (κ2) is 8.74. The average molecular weight is 415 g/mol. The third-order valence-electron chi connectivity index (χ3n) is 5.03. The highest BCUT2D eigenvalue weighted by molar-refractivity contribution is 5.91. The Bertz CT molecular complexity index is 1360. The predicted molar refractivity (Wildman–Crippen MR) is 118 cm³/mol. The summed E-state index contributed by atoms with van der Waals surface area (Å²) in [5.41, 5.74) is 1.60. The molecule has 0 aliphatic rings. The Morgan fingerprint density at radius 1 is 0.935 bits per heavy atom. The lowest BCUT2D eigenvalue weighted by Gasteiger charge is -2.13. The Morgan fingerprint density at radius 2 is 1.65 bits per heavy atom. The van der Waals surface area contributed by atoms with Gasteiger partial charge < -0.3 is 5.32 Å². The molecular formula is C23H21N5O3. The van der Waals surface area contributed by atoms with Gasteiger partial charge in [0.05, 0.1) is 0 Å². The van der Waals surface area contributed by atoms with Gasteiger partial charge in [0.1, 0.15) is 6.54 Å². The highest BCUT2D eigenvalue weighted by atomic mass is 16.2. The topological polar surface area (TPSA) is 98.9 Å². The number of rotatable bonds is 6. The van der Waals surface area contributed by atoms with Crippen molar-refractivity contribution in [3.05, 3.63) is 99.0 Å². The molecule has 1 amide bonds.